The van der Waals surface area contributed by atoms with E-state index >= 15 is 0 Å². The van der Waals surface area contributed by atoms with E-state index in [2.05, 4.69) is 5.43 Å². The zero-order valence-electron chi connectivity index (χ0n) is 6.89. The molecule has 0 amide bonds. The monoisotopic (exact) mass is 148 g/mol. The summed E-state index contributed by atoms with van der Waals surface area (Å²) in [5.74, 6) is 0. The summed E-state index contributed by atoms with van der Waals surface area (Å²) in [6, 6.07) is 0. The van der Waals surface area contributed by atoms with Crippen LogP contribution in [0.15, 0.2) is 0 Å². The highest BCUT2D eigenvalue weighted by Crippen LogP contribution is 1.85. The van der Waals surface area contributed by atoms with Crippen LogP contribution < -0.4 is 5.43 Å². The maximum Gasteiger partial charge on any atom is 0.0698 e. The third kappa shape index (κ3) is 4.69. The van der Waals surface area contributed by atoms with Gasteiger partial charge in [-0.2, -0.15) is 0 Å². The Morgan fingerprint density at radius 1 is 1.10 bits per heavy atom. The van der Waals surface area contributed by atoms with Gasteiger partial charge in [0.25, 0.3) is 0 Å². The molecule has 0 aliphatic carbocycles. The molecule has 4 nitrogen and oxygen atoms in total. The highest BCUT2D eigenvalue weighted by atomic mass is 17.0. The average Bonchev–Trinajstić information content (AvgIpc) is 1.90. The van der Waals surface area contributed by atoms with Crippen molar-refractivity contribution < 1.29 is 9.68 Å². The second kappa shape index (κ2) is 6.95. The van der Waals surface area contributed by atoms with Crippen molar-refractivity contribution in [2.45, 2.75) is 20.8 Å². The molecule has 0 saturated heterocycles. The quantitative estimate of drug-likeness (QED) is 0.563. The third-order valence-electron chi connectivity index (χ3n) is 0.780. The van der Waals surface area contributed by atoms with Crippen molar-refractivity contribution in [3.8, 4) is 0 Å². The molecule has 0 saturated carbocycles. The van der Waals surface area contributed by atoms with Crippen molar-refractivity contribution in [1.29, 1.82) is 0 Å². The van der Waals surface area contributed by atoms with Gasteiger partial charge >= 0.3 is 0 Å². The third-order valence-corrected chi connectivity index (χ3v) is 0.780. The fraction of sp³-hybridized carbons (Fsp3) is 1.00. The van der Waals surface area contributed by atoms with Crippen LogP contribution in [-0.2, 0) is 9.68 Å². The summed E-state index contributed by atoms with van der Waals surface area (Å²) in [7, 11) is 0. The predicted octanol–water partition coefficient (Wildman–Crippen LogP) is 0.716. The zero-order chi connectivity index (χ0) is 7.82. The molecule has 0 atom stereocenters. The van der Waals surface area contributed by atoms with E-state index in [-0.39, 0.29) is 0 Å². The summed E-state index contributed by atoms with van der Waals surface area (Å²) < 4.78 is 0. The second-order valence-electron chi connectivity index (χ2n) is 1.60. The Bertz CT molecular complexity index is 56.5. The summed E-state index contributed by atoms with van der Waals surface area (Å²) >= 11 is 0. The van der Waals surface area contributed by atoms with Gasteiger partial charge in [0.05, 0.1) is 13.2 Å². The predicted molar refractivity (Wildman–Crippen MR) is 38.8 cm³/mol. The van der Waals surface area contributed by atoms with Gasteiger partial charge in [-0.3, -0.25) is 9.68 Å². The van der Waals surface area contributed by atoms with Crippen molar-refractivity contribution in [2.24, 2.45) is 0 Å². The Balaban J connectivity index is 3.30. The maximum atomic E-state index is 5.02. The Hall–Kier alpha value is -0.160. The molecule has 0 fully saturated rings. The van der Waals surface area contributed by atoms with E-state index in [1.54, 1.807) is 0 Å². The second-order valence-corrected chi connectivity index (χ2v) is 1.60. The highest BCUT2D eigenvalue weighted by Gasteiger charge is 1.98. The summed E-state index contributed by atoms with van der Waals surface area (Å²) in [4.78, 5) is 10.0. The number of hydrogen-bond acceptors (Lipinski definition) is 4. The van der Waals surface area contributed by atoms with Crippen molar-refractivity contribution >= 4 is 0 Å². The van der Waals surface area contributed by atoms with Crippen molar-refractivity contribution in [3.63, 3.8) is 0 Å². The molecule has 0 aliphatic heterocycles. The lowest BCUT2D eigenvalue weighted by Gasteiger charge is -2.18. The number of nitrogens with zero attached hydrogens (tertiary/aromatic N) is 1. The molecule has 0 aromatic heterocycles. The summed E-state index contributed by atoms with van der Waals surface area (Å²) in [6.45, 7) is 7.79. The van der Waals surface area contributed by atoms with E-state index in [9.17, 15) is 0 Å². The van der Waals surface area contributed by atoms with Gasteiger partial charge in [-0.15, -0.1) is 0 Å². The maximum absolute atomic E-state index is 5.02. The molecular weight excluding hydrogens is 132 g/mol. The molecule has 0 heterocycles. The molecule has 0 unspecified atom stereocenters. The van der Waals surface area contributed by atoms with Gasteiger partial charge in [-0.1, -0.05) is 6.92 Å². The smallest absolute Gasteiger partial charge is 0.0698 e. The van der Waals surface area contributed by atoms with Gasteiger partial charge < -0.3 is 0 Å². The van der Waals surface area contributed by atoms with Gasteiger partial charge in [0.1, 0.15) is 0 Å². The van der Waals surface area contributed by atoms with E-state index < -0.39 is 0 Å². The lowest BCUT2D eigenvalue weighted by molar-refractivity contribution is -0.394. The minimum Gasteiger partial charge on any atom is -0.261 e. The molecule has 0 spiro atoms. The number of hydrogen-bond donors (Lipinski definition) is 1. The molecule has 0 rings (SSSR count). The van der Waals surface area contributed by atoms with Crippen molar-refractivity contribution in [2.75, 3.05) is 19.8 Å². The number of nitrogens with one attached hydrogen (secondary N) is 1. The highest BCUT2D eigenvalue weighted by molar-refractivity contribution is 4.18. The van der Waals surface area contributed by atoms with E-state index in [1.165, 1.54) is 5.34 Å². The largest absolute Gasteiger partial charge is 0.261 e. The first kappa shape index (κ1) is 9.84. The minimum atomic E-state index is 0.604. The van der Waals surface area contributed by atoms with Crippen LogP contribution in [0.25, 0.3) is 0 Å². The van der Waals surface area contributed by atoms with Crippen molar-refractivity contribution in [1.82, 2.24) is 10.8 Å². The van der Waals surface area contributed by atoms with Crippen LogP contribution in [0.5, 0.6) is 0 Å². The molecular formula is C6H16N2O2. The SMILES string of the molecule is CCNN(OCC)OCC. The normalized spacial score (nSPS) is 10.8. The Morgan fingerprint density at radius 2 is 1.60 bits per heavy atom. The molecule has 0 radical (unpaired) electrons. The molecule has 10 heavy (non-hydrogen) atoms. The van der Waals surface area contributed by atoms with Crippen LogP contribution >= 0.6 is 0 Å². The van der Waals surface area contributed by atoms with E-state index in [0.717, 1.165) is 6.54 Å². The van der Waals surface area contributed by atoms with Crippen LogP contribution in [-0.4, -0.2) is 25.1 Å². The summed E-state index contributed by atoms with van der Waals surface area (Å²) in [6.07, 6.45) is 0. The number of hydrazine groups is 1. The first-order chi connectivity index (χ1) is 4.85. The van der Waals surface area contributed by atoms with Gasteiger partial charge in [0.15, 0.2) is 0 Å². The van der Waals surface area contributed by atoms with Gasteiger partial charge in [0.2, 0.25) is 0 Å². The van der Waals surface area contributed by atoms with Gasteiger partial charge in [0, 0.05) is 11.9 Å². The summed E-state index contributed by atoms with van der Waals surface area (Å²) in [5.41, 5.74) is 2.87. The Labute approximate surface area is 62.0 Å². The molecule has 0 aliphatic rings. The van der Waals surface area contributed by atoms with E-state index in [1.807, 2.05) is 20.8 Å². The first-order valence-electron chi connectivity index (χ1n) is 3.64. The first-order valence-corrected chi connectivity index (χ1v) is 3.64. The van der Waals surface area contributed by atoms with Crippen molar-refractivity contribution in [3.05, 3.63) is 0 Å². The molecule has 62 valence electrons. The van der Waals surface area contributed by atoms with Crippen LogP contribution in [0, 0.1) is 0 Å². The Morgan fingerprint density at radius 3 is 1.90 bits per heavy atom. The molecule has 4 heteroatoms. The minimum absolute atomic E-state index is 0.604. The zero-order valence-corrected chi connectivity index (χ0v) is 6.89. The van der Waals surface area contributed by atoms with Crippen LogP contribution in [0.1, 0.15) is 20.8 Å². The van der Waals surface area contributed by atoms with Gasteiger partial charge in [-0.05, 0) is 13.8 Å². The fourth-order valence-electron chi connectivity index (χ4n) is 0.492. The lowest BCUT2D eigenvalue weighted by Crippen LogP contribution is -2.37. The Kier molecular flexibility index (Phi) is 6.84. The van der Waals surface area contributed by atoms with Crippen LogP contribution in [0.2, 0.25) is 0 Å². The molecule has 1 N–H and O–H groups in total. The fourth-order valence-corrected chi connectivity index (χ4v) is 0.492. The van der Waals surface area contributed by atoms with E-state index in [0.29, 0.717) is 13.2 Å². The molecule has 0 bridgehead atoms. The number of rotatable bonds is 6. The molecule has 0 aromatic carbocycles. The topological polar surface area (TPSA) is 33.7 Å². The average molecular weight is 148 g/mol. The van der Waals surface area contributed by atoms with Crippen LogP contribution in [0.3, 0.4) is 0 Å². The lowest BCUT2D eigenvalue weighted by atomic mass is 10.8. The van der Waals surface area contributed by atoms with E-state index in [4.69, 9.17) is 9.68 Å². The van der Waals surface area contributed by atoms with Crippen LogP contribution in [0.4, 0.5) is 0 Å². The standard InChI is InChI=1S/C6H16N2O2/c1-4-7-8(9-5-2)10-6-3/h7H,4-6H2,1-3H3. The van der Waals surface area contributed by atoms with Gasteiger partial charge in [-0.25, -0.2) is 5.43 Å². The summed E-state index contributed by atoms with van der Waals surface area (Å²) in [5, 5.41) is 1.29. The molecule has 0 aromatic rings.